The number of allylic oxidation sites excluding steroid dienone is 8. The van der Waals surface area contributed by atoms with E-state index in [1.807, 2.05) is 36.5 Å². The van der Waals surface area contributed by atoms with Crippen LogP contribution in [-0.2, 0) is 4.79 Å². The molecule has 1 unspecified atom stereocenters. The highest BCUT2D eigenvalue weighted by molar-refractivity contribution is 5.66. The van der Waals surface area contributed by atoms with Crippen molar-refractivity contribution in [3.8, 4) is 0 Å². The van der Waals surface area contributed by atoms with Gasteiger partial charge in [-0.15, -0.1) is 0 Å². The van der Waals surface area contributed by atoms with Gasteiger partial charge >= 0.3 is 5.97 Å². The monoisotopic (exact) mass is 346 g/mol. The van der Waals surface area contributed by atoms with E-state index in [0.29, 0.717) is 12.8 Å². The van der Waals surface area contributed by atoms with E-state index < -0.39 is 12.1 Å². The number of aliphatic hydroxyl groups excluding tert-OH is 1. The molecule has 0 amide bonds. The SMILES string of the molecule is CCCCCC=CCC=CC=CC(O)CC=CCC=CCCC(=O)O. The van der Waals surface area contributed by atoms with Crippen LogP contribution in [0, 0.1) is 0 Å². The highest BCUT2D eigenvalue weighted by Crippen LogP contribution is 2.01. The molecule has 25 heavy (non-hydrogen) atoms. The predicted octanol–water partition coefficient (Wildman–Crippen LogP) is 5.74. The fourth-order valence-corrected chi connectivity index (χ4v) is 2.06. The second-order valence-electron chi connectivity index (χ2n) is 5.93. The lowest BCUT2D eigenvalue weighted by Crippen LogP contribution is -1.98. The van der Waals surface area contributed by atoms with E-state index in [1.54, 1.807) is 6.08 Å². The van der Waals surface area contributed by atoms with Crippen LogP contribution in [0.5, 0.6) is 0 Å². The van der Waals surface area contributed by atoms with Crippen molar-refractivity contribution < 1.29 is 15.0 Å². The number of carboxylic acids is 1. The van der Waals surface area contributed by atoms with Crippen molar-refractivity contribution in [3.63, 3.8) is 0 Å². The Balaban J connectivity index is 3.68. The fraction of sp³-hybridized carbons (Fsp3) is 0.500. The van der Waals surface area contributed by atoms with Gasteiger partial charge in [0.1, 0.15) is 0 Å². The molecule has 140 valence electrons. The molecule has 0 aliphatic heterocycles. The van der Waals surface area contributed by atoms with Gasteiger partial charge in [0.2, 0.25) is 0 Å². The summed E-state index contributed by atoms with van der Waals surface area (Å²) in [5, 5.41) is 18.3. The summed E-state index contributed by atoms with van der Waals surface area (Å²) in [5.74, 6) is -0.771. The minimum Gasteiger partial charge on any atom is -0.481 e. The number of rotatable bonds is 15. The van der Waals surface area contributed by atoms with Gasteiger partial charge in [-0.1, -0.05) is 80.5 Å². The van der Waals surface area contributed by atoms with E-state index in [0.717, 1.165) is 19.3 Å². The van der Waals surface area contributed by atoms with Crippen LogP contribution in [0.4, 0.5) is 0 Å². The van der Waals surface area contributed by atoms with Crippen LogP contribution in [0.2, 0.25) is 0 Å². The fourth-order valence-electron chi connectivity index (χ4n) is 2.06. The molecule has 0 saturated carbocycles. The highest BCUT2D eigenvalue weighted by Gasteiger charge is 1.93. The van der Waals surface area contributed by atoms with Crippen LogP contribution >= 0.6 is 0 Å². The Bertz CT molecular complexity index is 456. The lowest BCUT2D eigenvalue weighted by Gasteiger charge is -1.98. The maximum atomic E-state index is 10.3. The molecule has 0 aliphatic carbocycles. The number of unbranched alkanes of at least 4 members (excludes halogenated alkanes) is 3. The third-order valence-corrected chi connectivity index (χ3v) is 3.50. The Labute approximate surface area is 153 Å². The minimum atomic E-state index is -0.771. The summed E-state index contributed by atoms with van der Waals surface area (Å²) in [6, 6.07) is 0. The molecule has 0 fully saturated rings. The second kappa shape index (κ2) is 18.5. The Morgan fingerprint density at radius 3 is 2.28 bits per heavy atom. The highest BCUT2D eigenvalue weighted by atomic mass is 16.4. The first kappa shape index (κ1) is 23.1. The van der Waals surface area contributed by atoms with Crippen LogP contribution in [0.25, 0.3) is 0 Å². The summed E-state index contributed by atoms with van der Waals surface area (Å²) in [4.78, 5) is 10.3. The Kier molecular flexibility index (Phi) is 17.1. The van der Waals surface area contributed by atoms with Gasteiger partial charge in [0.15, 0.2) is 0 Å². The number of aliphatic hydroxyl groups is 1. The molecule has 0 saturated heterocycles. The van der Waals surface area contributed by atoms with Gasteiger partial charge in [0.25, 0.3) is 0 Å². The zero-order valence-electron chi connectivity index (χ0n) is 15.5. The van der Waals surface area contributed by atoms with Crippen LogP contribution < -0.4 is 0 Å². The molecule has 0 radical (unpaired) electrons. The number of carbonyl (C=O) groups is 1. The molecular weight excluding hydrogens is 312 g/mol. The van der Waals surface area contributed by atoms with Gasteiger partial charge in [-0.2, -0.15) is 0 Å². The molecule has 0 aromatic rings. The predicted molar refractivity (Wildman–Crippen MR) is 107 cm³/mol. The molecule has 0 spiro atoms. The standard InChI is InChI=1S/C22H34O3/c1-2-3-4-5-6-7-8-9-12-15-18-21(23)19-16-13-10-11-14-17-20-22(24)25/h6-7,9,11-16,18,21,23H,2-5,8,10,17,19-20H2,1H3,(H,24,25). The lowest BCUT2D eigenvalue weighted by atomic mass is 10.2. The molecule has 3 heteroatoms. The van der Waals surface area contributed by atoms with E-state index in [9.17, 15) is 9.90 Å². The van der Waals surface area contributed by atoms with Crippen molar-refractivity contribution in [1.82, 2.24) is 0 Å². The molecule has 0 aromatic carbocycles. The van der Waals surface area contributed by atoms with Crippen LogP contribution in [0.15, 0.2) is 60.8 Å². The molecule has 0 aliphatic rings. The lowest BCUT2D eigenvalue weighted by molar-refractivity contribution is -0.136. The van der Waals surface area contributed by atoms with Crippen molar-refractivity contribution in [3.05, 3.63) is 60.8 Å². The zero-order valence-corrected chi connectivity index (χ0v) is 15.5. The molecule has 2 N–H and O–H groups in total. The first-order valence-corrected chi connectivity index (χ1v) is 9.35. The van der Waals surface area contributed by atoms with Crippen molar-refractivity contribution in [2.75, 3.05) is 0 Å². The van der Waals surface area contributed by atoms with E-state index in [4.69, 9.17) is 5.11 Å². The van der Waals surface area contributed by atoms with Gasteiger partial charge in [-0.25, -0.2) is 0 Å². The molecule has 0 aromatic heterocycles. The van der Waals surface area contributed by atoms with Crippen molar-refractivity contribution in [2.24, 2.45) is 0 Å². The van der Waals surface area contributed by atoms with Crippen molar-refractivity contribution in [2.45, 2.75) is 70.8 Å². The van der Waals surface area contributed by atoms with Crippen molar-refractivity contribution >= 4 is 5.97 Å². The first-order valence-electron chi connectivity index (χ1n) is 9.35. The summed E-state index contributed by atoms with van der Waals surface area (Å²) >= 11 is 0. The van der Waals surface area contributed by atoms with Gasteiger partial charge in [-0.3, -0.25) is 4.79 Å². The van der Waals surface area contributed by atoms with Crippen molar-refractivity contribution in [1.29, 1.82) is 0 Å². The quantitative estimate of drug-likeness (QED) is 0.226. The first-order chi connectivity index (χ1) is 12.2. The summed E-state index contributed by atoms with van der Waals surface area (Å²) in [6.07, 6.45) is 27.4. The maximum absolute atomic E-state index is 10.3. The summed E-state index contributed by atoms with van der Waals surface area (Å²) < 4.78 is 0. The number of hydrogen-bond acceptors (Lipinski definition) is 2. The maximum Gasteiger partial charge on any atom is 0.303 e. The average Bonchev–Trinajstić information content (AvgIpc) is 2.58. The third-order valence-electron chi connectivity index (χ3n) is 3.50. The zero-order chi connectivity index (χ0) is 18.6. The van der Waals surface area contributed by atoms with Crippen LogP contribution in [0.3, 0.4) is 0 Å². The van der Waals surface area contributed by atoms with Gasteiger partial charge in [-0.05, 0) is 38.5 Å². The molecular formula is C22H34O3. The third kappa shape index (κ3) is 20.1. The molecule has 1 atom stereocenters. The molecule has 3 nitrogen and oxygen atoms in total. The Morgan fingerprint density at radius 1 is 0.880 bits per heavy atom. The van der Waals surface area contributed by atoms with Crippen LogP contribution in [-0.4, -0.2) is 22.3 Å². The van der Waals surface area contributed by atoms with Gasteiger partial charge in [0.05, 0.1) is 6.10 Å². The van der Waals surface area contributed by atoms with E-state index in [-0.39, 0.29) is 6.42 Å². The molecule has 0 heterocycles. The Hall–Kier alpha value is -1.87. The smallest absolute Gasteiger partial charge is 0.303 e. The summed E-state index contributed by atoms with van der Waals surface area (Å²) in [7, 11) is 0. The van der Waals surface area contributed by atoms with Gasteiger partial charge < -0.3 is 10.2 Å². The second-order valence-corrected chi connectivity index (χ2v) is 5.93. The molecule has 0 rings (SSSR count). The number of hydrogen-bond donors (Lipinski definition) is 2. The summed E-state index contributed by atoms with van der Waals surface area (Å²) in [5.41, 5.74) is 0. The average molecular weight is 347 g/mol. The van der Waals surface area contributed by atoms with Gasteiger partial charge in [0, 0.05) is 6.42 Å². The number of carboxylic acid groups (broad SMARTS) is 1. The number of aliphatic carboxylic acids is 1. The normalized spacial score (nSPS) is 14.0. The summed E-state index contributed by atoms with van der Waals surface area (Å²) in [6.45, 7) is 2.21. The van der Waals surface area contributed by atoms with E-state index in [2.05, 4.69) is 25.2 Å². The topological polar surface area (TPSA) is 57.5 Å². The largest absolute Gasteiger partial charge is 0.481 e. The van der Waals surface area contributed by atoms with Crippen LogP contribution in [0.1, 0.15) is 64.7 Å². The Morgan fingerprint density at radius 2 is 1.56 bits per heavy atom. The van der Waals surface area contributed by atoms with E-state index >= 15 is 0 Å². The minimum absolute atomic E-state index is 0.173. The van der Waals surface area contributed by atoms with E-state index in [1.165, 1.54) is 19.3 Å². The molecule has 0 bridgehead atoms.